The van der Waals surface area contributed by atoms with E-state index in [1.165, 1.54) is 32.4 Å². The number of benzene rings is 2. The van der Waals surface area contributed by atoms with Crippen molar-refractivity contribution in [2.24, 2.45) is 0 Å². The summed E-state index contributed by atoms with van der Waals surface area (Å²) in [6.45, 7) is 3.64. The average Bonchev–Trinajstić information content (AvgIpc) is 2.85. The second-order valence-electron chi connectivity index (χ2n) is 7.85. The first-order chi connectivity index (χ1) is 15.3. The lowest BCUT2D eigenvalue weighted by atomic mass is 9.99. The predicted molar refractivity (Wildman–Crippen MR) is 127 cm³/mol. The number of likely N-dealkylation sites (tertiary alicyclic amines) is 1. The monoisotopic (exact) mass is 430 g/mol. The molecule has 4 nitrogen and oxygen atoms in total. The highest BCUT2D eigenvalue weighted by Crippen LogP contribution is 2.34. The molecule has 0 atom stereocenters. The first-order valence-electron chi connectivity index (χ1n) is 10.9. The number of nitrogens with one attached hydrogen (secondary N) is 1. The maximum atomic E-state index is 10.0. The second-order valence-corrected chi connectivity index (χ2v) is 8.93. The number of hydrogen-bond donors (Lipinski definition) is 1. The van der Waals surface area contributed by atoms with E-state index in [0.29, 0.717) is 5.56 Å². The fourth-order valence-corrected chi connectivity index (χ4v) is 5.13. The number of methoxy groups -OCH3 is 1. The first kappa shape index (κ1) is 21.4. The molecule has 2 aromatic carbocycles. The molecular formula is C26H28N3OS+. The molecule has 0 saturated carbocycles. The molecule has 1 saturated heterocycles. The SMILES string of the molecule is COc1ccc(-c2cc(-c3ccccc3)c(C#N)c(SCC[NH+]3CCCCC3)n2)cc1. The zero-order chi connectivity index (χ0) is 21.5. The van der Waals surface area contributed by atoms with E-state index < -0.39 is 0 Å². The molecule has 3 aromatic rings. The summed E-state index contributed by atoms with van der Waals surface area (Å²) in [6.07, 6.45) is 4.01. The lowest BCUT2D eigenvalue weighted by Crippen LogP contribution is -3.13. The maximum Gasteiger partial charge on any atom is 0.118 e. The molecule has 158 valence electrons. The van der Waals surface area contributed by atoms with E-state index in [4.69, 9.17) is 9.72 Å². The van der Waals surface area contributed by atoms with Crippen LogP contribution in [-0.2, 0) is 0 Å². The standard InChI is InChI=1S/C26H27N3OS/c1-30-22-12-10-21(11-13-22)25-18-23(20-8-4-2-5-9-20)24(19-27)26(28-25)31-17-16-29-14-6-3-7-15-29/h2,4-5,8-13,18H,3,6-7,14-17H2,1H3/p+1. The van der Waals surface area contributed by atoms with Gasteiger partial charge in [0.25, 0.3) is 0 Å². The van der Waals surface area contributed by atoms with Crippen LogP contribution >= 0.6 is 11.8 Å². The topological polar surface area (TPSA) is 50.3 Å². The largest absolute Gasteiger partial charge is 0.497 e. The Bertz CT molecular complexity index is 1040. The molecule has 0 radical (unpaired) electrons. The Kier molecular flexibility index (Phi) is 7.24. The highest BCUT2D eigenvalue weighted by Gasteiger charge is 2.18. The van der Waals surface area contributed by atoms with Gasteiger partial charge in [0.2, 0.25) is 0 Å². The van der Waals surface area contributed by atoms with Gasteiger partial charge in [-0.3, -0.25) is 0 Å². The summed E-state index contributed by atoms with van der Waals surface area (Å²) in [4.78, 5) is 6.60. The Labute approximate surface area is 188 Å². The van der Waals surface area contributed by atoms with Crippen LogP contribution in [0.1, 0.15) is 24.8 Å². The molecule has 31 heavy (non-hydrogen) atoms. The van der Waals surface area contributed by atoms with Crippen LogP contribution in [0.2, 0.25) is 0 Å². The van der Waals surface area contributed by atoms with Crippen LogP contribution in [0.4, 0.5) is 0 Å². The number of nitrogens with zero attached hydrogens (tertiary/aromatic N) is 2. The van der Waals surface area contributed by atoms with Gasteiger partial charge < -0.3 is 9.64 Å². The van der Waals surface area contributed by atoms with E-state index in [2.05, 4.69) is 18.2 Å². The first-order valence-corrected chi connectivity index (χ1v) is 11.9. The third-order valence-electron chi connectivity index (χ3n) is 5.82. The van der Waals surface area contributed by atoms with Gasteiger partial charge in [0.1, 0.15) is 16.8 Å². The van der Waals surface area contributed by atoms with Crippen LogP contribution in [-0.4, -0.2) is 37.5 Å². The van der Waals surface area contributed by atoms with Gasteiger partial charge in [0.05, 0.1) is 38.0 Å². The third kappa shape index (κ3) is 5.28. The summed E-state index contributed by atoms with van der Waals surface area (Å²) in [5.41, 5.74) is 4.55. The third-order valence-corrected chi connectivity index (χ3v) is 6.80. The summed E-state index contributed by atoms with van der Waals surface area (Å²) < 4.78 is 5.30. The quantitative estimate of drug-likeness (QED) is 0.563. The molecule has 0 unspecified atom stereocenters. The van der Waals surface area contributed by atoms with Crippen LogP contribution in [0, 0.1) is 11.3 Å². The Balaban J connectivity index is 1.68. The van der Waals surface area contributed by atoms with E-state index >= 15 is 0 Å². The number of piperidine rings is 1. The van der Waals surface area contributed by atoms with Gasteiger partial charge in [-0.1, -0.05) is 42.1 Å². The molecule has 0 spiro atoms. The number of pyridine rings is 1. The molecule has 0 bridgehead atoms. The highest BCUT2D eigenvalue weighted by atomic mass is 32.2. The van der Waals surface area contributed by atoms with Gasteiger partial charge in [-0.25, -0.2) is 4.98 Å². The van der Waals surface area contributed by atoms with Gasteiger partial charge >= 0.3 is 0 Å². The van der Waals surface area contributed by atoms with E-state index in [1.54, 1.807) is 23.8 Å². The Morgan fingerprint density at radius 2 is 1.74 bits per heavy atom. The fourth-order valence-electron chi connectivity index (χ4n) is 4.08. The smallest absolute Gasteiger partial charge is 0.118 e. The van der Waals surface area contributed by atoms with Crippen molar-refractivity contribution in [3.63, 3.8) is 0 Å². The summed E-state index contributed by atoms with van der Waals surface area (Å²) >= 11 is 1.71. The van der Waals surface area contributed by atoms with E-state index in [9.17, 15) is 5.26 Å². The van der Waals surface area contributed by atoms with Crippen molar-refractivity contribution in [2.45, 2.75) is 24.3 Å². The zero-order valence-corrected chi connectivity index (χ0v) is 18.8. The lowest BCUT2D eigenvalue weighted by Gasteiger charge is -2.23. The van der Waals surface area contributed by atoms with Crippen molar-refractivity contribution >= 4 is 11.8 Å². The molecule has 1 aliphatic heterocycles. The second kappa shape index (κ2) is 10.5. The van der Waals surface area contributed by atoms with Crippen LogP contribution in [0.15, 0.2) is 65.7 Å². The number of rotatable bonds is 7. The molecule has 1 fully saturated rings. The number of ether oxygens (including phenoxy) is 1. The average molecular weight is 431 g/mol. The minimum atomic E-state index is 0.669. The van der Waals surface area contributed by atoms with E-state index in [0.717, 1.165) is 45.5 Å². The molecule has 5 heteroatoms. The zero-order valence-electron chi connectivity index (χ0n) is 17.9. The number of hydrogen-bond acceptors (Lipinski definition) is 4. The fraction of sp³-hybridized carbons (Fsp3) is 0.308. The number of quaternary nitrogens is 1. The van der Waals surface area contributed by atoms with Crippen molar-refractivity contribution in [3.8, 4) is 34.2 Å². The normalized spacial score (nSPS) is 14.2. The van der Waals surface area contributed by atoms with Crippen LogP contribution in [0.25, 0.3) is 22.4 Å². The van der Waals surface area contributed by atoms with Gasteiger partial charge in [-0.15, -0.1) is 0 Å². The summed E-state index contributed by atoms with van der Waals surface area (Å²) in [5, 5.41) is 10.8. The number of aromatic nitrogens is 1. The summed E-state index contributed by atoms with van der Waals surface area (Å²) in [7, 11) is 1.67. The predicted octanol–water partition coefficient (Wildman–Crippen LogP) is 4.46. The van der Waals surface area contributed by atoms with Gasteiger partial charge in [-0.2, -0.15) is 5.26 Å². The number of thioether (sulfide) groups is 1. The molecule has 2 heterocycles. The molecule has 0 aliphatic carbocycles. The highest BCUT2D eigenvalue weighted by molar-refractivity contribution is 7.99. The minimum absolute atomic E-state index is 0.669. The van der Waals surface area contributed by atoms with Crippen molar-refractivity contribution in [2.75, 3.05) is 32.5 Å². The van der Waals surface area contributed by atoms with Crippen molar-refractivity contribution in [3.05, 3.63) is 66.2 Å². The summed E-state index contributed by atoms with van der Waals surface area (Å²) in [6, 6.07) is 22.5. The van der Waals surface area contributed by atoms with Crippen molar-refractivity contribution < 1.29 is 9.64 Å². The minimum Gasteiger partial charge on any atom is -0.497 e. The molecular weight excluding hydrogens is 402 g/mol. The summed E-state index contributed by atoms with van der Waals surface area (Å²) in [5.74, 6) is 1.79. The molecule has 4 rings (SSSR count). The number of nitriles is 1. The molecule has 1 aromatic heterocycles. The van der Waals surface area contributed by atoms with Crippen molar-refractivity contribution in [1.29, 1.82) is 5.26 Å². The lowest BCUT2D eigenvalue weighted by molar-refractivity contribution is -0.902. The maximum absolute atomic E-state index is 10.0. The van der Waals surface area contributed by atoms with Crippen LogP contribution in [0.3, 0.4) is 0 Å². The van der Waals surface area contributed by atoms with Crippen LogP contribution in [0.5, 0.6) is 5.75 Å². The van der Waals surface area contributed by atoms with Crippen molar-refractivity contribution in [1.82, 2.24) is 4.98 Å². The molecule has 0 amide bonds. The van der Waals surface area contributed by atoms with Gasteiger partial charge in [0, 0.05) is 16.9 Å². The van der Waals surface area contributed by atoms with Gasteiger partial charge in [0.15, 0.2) is 0 Å². The Morgan fingerprint density at radius 3 is 2.42 bits per heavy atom. The van der Waals surface area contributed by atoms with Gasteiger partial charge in [-0.05, 0) is 55.2 Å². The Morgan fingerprint density at radius 1 is 1.00 bits per heavy atom. The molecule has 1 aliphatic rings. The van der Waals surface area contributed by atoms with E-state index in [-0.39, 0.29) is 0 Å². The Hall–Kier alpha value is -2.81. The van der Waals surface area contributed by atoms with Crippen LogP contribution < -0.4 is 9.64 Å². The molecule has 1 N–H and O–H groups in total. The van der Waals surface area contributed by atoms with E-state index in [1.807, 2.05) is 48.5 Å².